The van der Waals surface area contributed by atoms with Gasteiger partial charge in [0.15, 0.2) is 0 Å². The van der Waals surface area contributed by atoms with Gasteiger partial charge in [0.25, 0.3) is 0 Å². The number of hydrogen-bond acceptors (Lipinski definition) is 5. The Kier molecular flexibility index (Phi) is 4.70. The SMILES string of the molecule is CCN1CCN(C2CCN(c3ncnc4ccc(Br)cc34)C2)CC1. The van der Waals surface area contributed by atoms with E-state index >= 15 is 0 Å². The molecule has 0 spiro atoms. The normalized spacial score (nSPS) is 23.2. The number of likely N-dealkylation sites (N-methyl/N-ethyl adjacent to an activating group) is 1. The van der Waals surface area contributed by atoms with Gasteiger partial charge < -0.3 is 9.80 Å². The van der Waals surface area contributed by atoms with Crippen LogP contribution in [0.2, 0.25) is 0 Å². The molecular weight excluding hydrogens is 366 g/mol. The molecule has 1 unspecified atom stereocenters. The Labute approximate surface area is 151 Å². The molecule has 2 aliphatic rings. The number of halogens is 1. The van der Waals surface area contributed by atoms with Crippen molar-refractivity contribution in [2.24, 2.45) is 0 Å². The Balaban J connectivity index is 1.50. The highest BCUT2D eigenvalue weighted by atomic mass is 79.9. The molecule has 24 heavy (non-hydrogen) atoms. The van der Waals surface area contributed by atoms with Crippen molar-refractivity contribution < 1.29 is 0 Å². The molecule has 2 aromatic rings. The number of piperazine rings is 1. The van der Waals surface area contributed by atoms with Gasteiger partial charge in [-0.15, -0.1) is 0 Å². The second-order valence-electron chi connectivity index (χ2n) is 6.72. The van der Waals surface area contributed by atoms with Crippen molar-refractivity contribution >= 4 is 32.7 Å². The van der Waals surface area contributed by atoms with E-state index < -0.39 is 0 Å². The molecule has 1 aromatic heterocycles. The molecule has 0 N–H and O–H groups in total. The van der Waals surface area contributed by atoms with E-state index in [2.05, 4.69) is 59.7 Å². The third-order valence-corrected chi connectivity index (χ3v) is 5.90. The van der Waals surface area contributed by atoms with E-state index in [4.69, 9.17) is 0 Å². The van der Waals surface area contributed by atoms with Crippen LogP contribution in [0.15, 0.2) is 29.0 Å². The van der Waals surface area contributed by atoms with Gasteiger partial charge in [0.1, 0.15) is 12.1 Å². The lowest BCUT2D eigenvalue weighted by Crippen LogP contribution is -2.50. The molecule has 0 bridgehead atoms. The van der Waals surface area contributed by atoms with Gasteiger partial charge in [0, 0.05) is 55.2 Å². The fraction of sp³-hybridized carbons (Fsp3) is 0.556. The first kappa shape index (κ1) is 16.2. The van der Waals surface area contributed by atoms with Crippen LogP contribution < -0.4 is 4.90 Å². The van der Waals surface area contributed by atoms with Gasteiger partial charge in [-0.2, -0.15) is 0 Å². The topological polar surface area (TPSA) is 35.5 Å². The smallest absolute Gasteiger partial charge is 0.139 e. The number of nitrogens with zero attached hydrogens (tertiary/aromatic N) is 5. The fourth-order valence-corrected chi connectivity index (χ4v) is 4.31. The molecule has 1 atom stereocenters. The van der Waals surface area contributed by atoms with Crippen molar-refractivity contribution in [1.29, 1.82) is 0 Å². The monoisotopic (exact) mass is 389 g/mol. The summed E-state index contributed by atoms with van der Waals surface area (Å²) in [6, 6.07) is 6.89. The molecule has 0 saturated carbocycles. The summed E-state index contributed by atoms with van der Waals surface area (Å²) in [7, 11) is 0. The van der Waals surface area contributed by atoms with Gasteiger partial charge in [0.2, 0.25) is 0 Å². The number of aromatic nitrogens is 2. The predicted octanol–water partition coefficient (Wildman–Crippen LogP) is 2.61. The van der Waals surface area contributed by atoms with Gasteiger partial charge in [-0.25, -0.2) is 9.97 Å². The summed E-state index contributed by atoms with van der Waals surface area (Å²) in [5.74, 6) is 1.08. The quantitative estimate of drug-likeness (QED) is 0.805. The summed E-state index contributed by atoms with van der Waals surface area (Å²) in [6.07, 6.45) is 2.92. The predicted molar refractivity (Wildman–Crippen MR) is 102 cm³/mol. The van der Waals surface area contributed by atoms with Crippen LogP contribution in [-0.4, -0.2) is 71.6 Å². The standard InChI is InChI=1S/C18H24BrN5/c1-2-22-7-9-23(10-8-22)15-5-6-24(12-15)18-16-11-14(19)3-4-17(16)20-13-21-18/h3-4,11,13,15H,2,5-10,12H2,1H3. The van der Waals surface area contributed by atoms with Crippen LogP contribution >= 0.6 is 15.9 Å². The Morgan fingerprint density at radius 1 is 1.12 bits per heavy atom. The number of hydrogen-bond donors (Lipinski definition) is 0. The van der Waals surface area contributed by atoms with Crippen LogP contribution in [0.25, 0.3) is 10.9 Å². The van der Waals surface area contributed by atoms with Crippen LogP contribution in [0, 0.1) is 0 Å². The zero-order valence-electron chi connectivity index (χ0n) is 14.2. The van der Waals surface area contributed by atoms with Gasteiger partial charge in [-0.1, -0.05) is 22.9 Å². The summed E-state index contributed by atoms with van der Waals surface area (Å²) in [6.45, 7) is 10.4. The highest BCUT2D eigenvalue weighted by Gasteiger charge is 2.30. The molecule has 1 aromatic carbocycles. The Hall–Kier alpha value is -1.24. The molecule has 3 heterocycles. The third-order valence-electron chi connectivity index (χ3n) is 5.41. The molecule has 5 nitrogen and oxygen atoms in total. The van der Waals surface area contributed by atoms with E-state index in [0.29, 0.717) is 6.04 Å². The molecule has 128 valence electrons. The summed E-state index contributed by atoms with van der Waals surface area (Å²) < 4.78 is 1.08. The molecule has 0 amide bonds. The molecule has 4 rings (SSSR count). The van der Waals surface area contributed by atoms with E-state index in [1.165, 1.54) is 39.1 Å². The highest BCUT2D eigenvalue weighted by Crippen LogP contribution is 2.29. The maximum absolute atomic E-state index is 4.60. The highest BCUT2D eigenvalue weighted by molar-refractivity contribution is 9.10. The van der Waals surface area contributed by atoms with Crippen LogP contribution in [0.3, 0.4) is 0 Å². The zero-order chi connectivity index (χ0) is 16.5. The lowest BCUT2D eigenvalue weighted by Gasteiger charge is -2.37. The fourth-order valence-electron chi connectivity index (χ4n) is 3.94. The number of anilines is 1. The third kappa shape index (κ3) is 3.15. The van der Waals surface area contributed by atoms with E-state index in [0.717, 1.165) is 34.3 Å². The van der Waals surface area contributed by atoms with Crippen molar-refractivity contribution in [3.05, 3.63) is 29.0 Å². The molecule has 2 saturated heterocycles. The van der Waals surface area contributed by atoms with Gasteiger partial charge in [0.05, 0.1) is 5.52 Å². The van der Waals surface area contributed by atoms with Crippen LogP contribution in [0.1, 0.15) is 13.3 Å². The first-order chi connectivity index (χ1) is 11.7. The van der Waals surface area contributed by atoms with Crippen molar-refractivity contribution in [3.63, 3.8) is 0 Å². The largest absolute Gasteiger partial charge is 0.354 e. The lowest BCUT2D eigenvalue weighted by atomic mass is 10.2. The van der Waals surface area contributed by atoms with Crippen LogP contribution in [0.4, 0.5) is 5.82 Å². The average molecular weight is 390 g/mol. The Morgan fingerprint density at radius 3 is 2.75 bits per heavy atom. The number of rotatable bonds is 3. The molecule has 6 heteroatoms. The maximum Gasteiger partial charge on any atom is 0.139 e. The first-order valence-corrected chi connectivity index (χ1v) is 9.65. The second kappa shape index (κ2) is 6.94. The van der Waals surface area contributed by atoms with E-state index in [-0.39, 0.29) is 0 Å². The van der Waals surface area contributed by atoms with Crippen LogP contribution in [-0.2, 0) is 0 Å². The molecule has 0 radical (unpaired) electrons. The molecule has 2 fully saturated rings. The minimum absolute atomic E-state index is 0.654. The summed E-state index contributed by atoms with van der Waals surface area (Å²) in [4.78, 5) is 16.7. The van der Waals surface area contributed by atoms with Gasteiger partial charge in [-0.3, -0.25) is 4.90 Å². The van der Waals surface area contributed by atoms with E-state index in [1.807, 2.05) is 6.07 Å². The first-order valence-electron chi connectivity index (χ1n) is 8.86. The Bertz CT molecular complexity index is 714. The number of benzene rings is 1. The van der Waals surface area contributed by atoms with E-state index in [9.17, 15) is 0 Å². The van der Waals surface area contributed by atoms with Crippen molar-refractivity contribution in [1.82, 2.24) is 19.8 Å². The minimum atomic E-state index is 0.654. The van der Waals surface area contributed by atoms with Crippen molar-refractivity contribution in [2.45, 2.75) is 19.4 Å². The van der Waals surface area contributed by atoms with Gasteiger partial charge in [-0.05, 0) is 31.2 Å². The number of fused-ring (bicyclic) bond motifs is 1. The average Bonchev–Trinajstić information content (AvgIpc) is 3.11. The molecule has 0 aliphatic carbocycles. The van der Waals surface area contributed by atoms with Crippen molar-refractivity contribution in [3.8, 4) is 0 Å². The minimum Gasteiger partial charge on any atom is -0.354 e. The zero-order valence-corrected chi connectivity index (χ0v) is 15.7. The van der Waals surface area contributed by atoms with Gasteiger partial charge >= 0.3 is 0 Å². The van der Waals surface area contributed by atoms with Crippen molar-refractivity contribution in [2.75, 3.05) is 50.7 Å². The van der Waals surface area contributed by atoms with Crippen LogP contribution in [0.5, 0.6) is 0 Å². The maximum atomic E-state index is 4.60. The summed E-state index contributed by atoms with van der Waals surface area (Å²) in [5.41, 5.74) is 1.02. The summed E-state index contributed by atoms with van der Waals surface area (Å²) >= 11 is 3.58. The molecule has 2 aliphatic heterocycles. The summed E-state index contributed by atoms with van der Waals surface area (Å²) in [5, 5.41) is 1.14. The lowest BCUT2D eigenvalue weighted by molar-refractivity contribution is 0.107. The van der Waals surface area contributed by atoms with E-state index in [1.54, 1.807) is 6.33 Å². The molecular formula is C18H24BrN5. The second-order valence-corrected chi connectivity index (χ2v) is 7.63. The Morgan fingerprint density at radius 2 is 1.96 bits per heavy atom.